The summed E-state index contributed by atoms with van der Waals surface area (Å²) >= 11 is 7.51. The molecular weight excluding hydrogens is 328 g/mol. The van der Waals surface area contributed by atoms with E-state index in [0.717, 1.165) is 21.5 Å². The van der Waals surface area contributed by atoms with Gasteiger partial charge < -0.3 is 4.90 Å². The van der Waals surface area contributed by atoms with Crippen molar-refractivity contribution >= 4 is 45.9 Å². The van der Waals surface area contributed by atoms with Gasteiger partial charge in [0.1, 0.15) is 0 Å². The summed E-state index contributed by atoms with van der Waals surface area (Å²) in [4.78, 5) is 19.4. The van der Waals surface area contributed by atoms with Crippen molar-refractivity contribution in [1.29, 1.82) is 0 Å². The Morgan fingerprint density at radius 1 is 1.17 bits per heavy atom. The SMILES string of the molecule is CN(C(=O)CSc1ccnc2cc(Cl)ccc12)c1ccccc1. The molecular formula is C18H15ClN2OS. The Kier molecular flexibility index (Phi) is 4.84. The number of nitrogens with zero attached hydrogens (tertiary/aromatic N) is 2. The molecule has 0 saturated carbocycles. The summed E-state index contributed by atoms with van der Waals surface area (Å²) in [5.74, 6) is 0.424. The van der Waals surface area contributed by atoms with Gasteiger partial charge in [-0.25, -0.2) is 0 Å². The van der Waals surface area contributed by atoms with Gasteiger partial charge in [0.05, 0.1) is 11.3 Å². The minimum Gasteiger partial charge on any atom is -0.315 e. The van der Waals surface area contributed by atoms with Crippen molar-refractivity contribution in [1.82, 2.24) is 4.98 Å². The zero-order chi connectivity index (χ0) is 16.2. The van der Waals surface area contributed by atoms with E-state index in [9.17, 15) is 4.79 Å². The first kappa shape index (κ1) is 15.8. The highest BCUT2D eigenvalue weighted by atomic mass is 35.5. The van der Waals surface area contributed by atoms with Crippen molar-refractivity contribution < 1.29 is 4.79 Å². The molecule has 0 radical (unpaired) electrons. The van der Waals surface area contributed by atoms with Crippen LogP contribution in [-0.4, -0.2) is 23.7 Å². The maximum absolute atomic E-state index is 12.4. The highest BCUT2D eigenvalue weighted by Gasteiger charge is 2.12. The fourth-order valence-corrected chi connectivity index (χ4v) is 3.38. The summed E-state index contributed by atoms with van der Waals surface area (Å²) in [6.45, 7) is 0. The van der Waals surface area contributed by atoms with Gasteiger partial charge in [0.2, 0.25) is 5.91 Å². The van der Waals surface area contributed by atoms with E-state index in [2.05, 4.69) is 4.98 Å². The van der Waals surface area contributed by atoms with E-state index in [1.54, 1.807) is 18.1 Å². The smallest absolute Gasteiger partial charge is 0.237 e. The number of hydrogen-bond donors (Lipinski definition) is 0. The lowest BCUT2D eigenvalue weighted by Crippen LogP contribution is -2.27. The molecule has 2 aromatic carbocycles. The molecule has 0 aliphatic heterocycles. The minimum absolute atomic E-state index is 0.0557. The number of fused-ring (bicyclic) bond motifs is 1. The number of aromatic nitrogens is 1. The van der Waals surface area contributed by atoms with Gasteiger partial charge in [-0.05, 0) is 30.3 Å². The van der Waals surface area contributed by atoms with Gasteiger partial charge in [-0.2, -0.15) is 0 Å². The van der Waals surface area contributed by atoms with Gasteiger partial charge in [0, 0.05) is 34.2 Å². The molecule has 0 aliphatic rings. The van der Waals surface area contributed by atoms with Gasteiger partial charge in [0.15, 0.2) is 0 Å². The number of hydrogen-bond acceptors (Lipinski definition) is 3. The van der Waals surface area contributed by atoms with Crippen LogP contribution >= 0.6 is 23.4 Å². The Morgan fingerprint density at radius 2 is 1.96 bits per heavy atom. The number of para-hydroxylation sites is 1. The van der Waals surface area contributed by atoms with Crippen LogP contribution in [0.5, 0.6) is 0 Å². The normalized spacial score (nSPS) is 10.7. The molecule has 0 atom stereocenters. The fourth-order valence-electron chi connectivity index (χ4n) is 2.25. The molecule has 5 heteroatoms. The van der Waals surface area contributed by atoms with Crippen LogP contribution in [0.2, 0.25) is 5.02 Å². The molecule has 3 nitrogen and oxygen atoms in total. The first-order valence-corrected chi connectivity index (χ1v) is 8.50. The molecule has 0 aliphatic carbocycles. The summed E-state index contributed by atoms with van der Waals surface area (Å²) in [7, 11) is 1.79. The highest BCUT2D eigenvalue weighted by Crippen LogP contribution is 2.28. The number of halogens is 1. The van der Waals surface area contributed by atoms with Crippen LogP contribution in [0.25, 0.3) is 10.9 Å². The predicted molar refractivity (Wildman–Crippen MR) is 97.3 cm³/mol. The van der Waals surface area contributed by atoms with E-state index in [1.165, 1.54) is 11.8 Å². The molecule has 0 spiro atoms. The van der Waals surface area contributed by atoms with Gasteiger partial charge in [-0.1, -0.05) is 35.9 Å². The molecule has 116 valence electrons. The Bertz CT molecular complexity index is 839. The summed E-state index contributed by atoms with van der Waals surface area (Å²) in [6.07, 6.45) is 1.74. The van der Waals surface area contributed by atoms with Crippen LogP contribution in [-0.2, 0) is 4.79 Å². The highest BCUT2D eigenvalue weighted by molar-refractivity contribution is 8.00. The molecule has 3 rings (SSSR count). The van der Waals surface area contributed by atoms with Crippen molar-refractivity contribution in [3.05, 3.63) is 65.8 Å². The number of anilines is 1. The Labute approximate surface area is 144 Å². The molecule has 23 heavy (non-hydrogen) atoms. The van der Waals surface area contributed by atoms with Crippen molar-refractivity contribution in [2.45, 2.75) is 4.90 Å². The lowest BCUT2D eigenvalue weighted by molar-refractivity contribution is -0.115. The third-order valence-electron chi connectivity index (χ3n) is 3.53. The third kappa shape index (κ3) is 3.66. The molecule has 0 fully saturated rings. The van der Waals surface area contributed by atoms with Crippen molar-refractivity contribution in [3.8, 4) is 0 Å². The lowest BCUT2D eigenvalue weighted by Gasteiger charge is -2.17. The summed E-state index contributed by atoms with van der Waals surface area (Å²) in [5, 5.41) is 1.67. The Balaban J connectivity index is 1.75. The van der Waals surface area contributed by atoms with E-state index in [4.69, 9.17) is 11.6 Å². The maximum atomic E-state index is 12.4. The van der Waals surface area contributed by atoms with Crippen molar-refractivity contribution in [3.63, 3.8) is 0 Å². The zero-order valence-electron chi connectivity index (χ0n) is 12.6. The van der Waals surface area contributed by atoms with Crippen LogP contribution in [0.1, 0.15) is 0 Å². The molecule has 0 bridgehead atoms. The second kappa shape index (κ2) is 7.02. The molecule has 1 amide bonds. The Morgan fingerprint density at radius 3 is 2.74 bits per heavy atom. The molecule has 0 N–H and O–H groups in total. The number of thioether (sulfide) groups is 1. The van der Waals surface area contributed by atoms with Crippen LogP contribution in [0, 0.1) is 0 Å². The third-order valence-corrected chi connectivity index (χ3v) is 4.83. The quantitative estimate of drug-likeness (QED) is 0.647. The molecule has 1 aromatic heterocycles. The van der Waals surface area contributed by atoms with Crippen LogP contribution in [0.3, 0.4) is 0 Å². The van der Waals surface area contributed by atoms with Crippen molar-refractivity contribution in [2.75, 3.05) is 17.7 Å². The topological polar surface area (TPSA) is 33.2 Å². The standard InChI is InChI=1S/C18H15ClN2OS/c1-21(14-5-3-2-4-6-14)18(22)12-23-17-9-10-20-16-11-13(19)7-8-15(16)17/h2-11H,12H2,1H3. The largest absolute Gasteiger partial charge is 0.315 e. The fraction of sp³-hybridized carbons (Fsp3) is 0.111. The molecule has 0 unspecified atom stereocenters. The predicted octanol–water partition coefficient (Wildman–Crippen LogP) is 4.64. The van der Waals surface area contributed by atoms with E-state index < -0.39 is 0 Å². The second-order valence-corrected chi connectivity index (χ2v) is 6.50. The number of benzene rings is 2. The van der Waals surface area contributed by atoms with E-state index >= 15 is 0 Å². The van der Waals surface area contributed by atoms with Gasteiger partial charge in [-0.3, -0.25) is 9.78 Å². The van der Waals surface area contributed by atoms with Gasteiger partial charge in [-0.15, -0.1) is 11.8 Å². The molecule has 1 heterocycles. The average molecular weight is 343 g/mol. The number of carbonyl (C=O) groups excluding carboxylic acids is 1. The molecule has 3 aromatic rings. The number of rotatable bonds is 4. The van der Waals surface area contributed by atoms with Crippen LogP contribution in [0.4, 0.5) is 5.69 Å². The van der Waals surface area contributed by atoms with Crippen LogP contribution < -0.4 is 4.90 Å². The lowest BCUT2D eigenvalue weighted by atomic mass is 10.2. The van der Waals surface area contributed by atoms with Crippen molar-refractivity contribution in [2.24, 2.45) is 0 Å². The first-order chi connectivity index (χ1) is 11.1. The number of carbonyl (C=O) groups is 1. The van der Waals surface area contributed by atoms with Gasteiger partial charge in [0.25, 0.3) is 0 Å². The number of pyridine rings is 1. The summed E-state index contributed by atoms with van der Waals surface area (Å²) in [5.41, 5.74) is 1.73. The van der Waals surface area contributed by atoms with E-state index in [0.29, 0.717) is 10.8 Å². The zero-order valence-corrected chi connectivity index (χ0v) is 14.1. The van der Waals surface area contributed by atoms with E-state index in [1.807, 2.05) is 54.6 Å². The van der Waals surface area contributed by atoms with Crippen LogP contribution in [0.15, 0.2) is 65.7 Å². The number of amides is 1. The minimum atomic E-state index is 0.0557. The summed E-state index contributed by atoms with van der Waals surface area (Å²) < 4.78 is 0. The Hall–Kier alpha value is -2.04. The van der Waals surface area contributed by atoms with E-state index in [-0.39, 0.29) is 5.91 Å². The molecule has 0 saturated heterocycles. The second-order valence-electron chi connectivity index (χ2n) is 5.05. The summed E-state index contributed by atoms with van der Waals surface area (Å²) in [6, 6.07) is 17.2. The average Bonchev–Trinajstić information content (AvgIpc) is 2.59. The monoisotopic (exact) mass is 342 g/mol. The maximum Gasteiger partial charge on any atom is 0.237 e. The first-order valence-electron chi connectivity index (χ1n) is 7.14. The van der Waals surface area contributed by atoms with Gasteiger partial charge >= 0.3 is 0 Å².